The van der Waals surface area contributed by atoms with E-state index in [4.69, 9.17) is 5.73 Å². The summed E-state index contributed by atoms with van der Waals surface area (Å²) in [7, 11) is 0. The zero-order chi connectivity index (χ0) is 14.0. The first kappa shape index (κ1) is 13.5. The van der Waals surface area contributed by atoms with Gasteiger partial charge in [0.1, 0.15) is 11.6 Å². The van der Waals surface area contributed by atoms with Gasteiger partial charge in [0.05, 0.1) is 0 Å². The van der Waals surface area contributed by atoms with Crippen LogP contribution in [0, 0.1) is 6.92 Å². The van der Waals surface area contributed by atoms with Crippen LogP contribution in [-0.4, -0.2) is 9.97 Å². The molecule has 3 heteroatoms. The first-order valence-corrected chi connectivity index (χ1v) is 6.65. The molecule has 0 aliphatic carbocycles. The summed E-state index contributed by atoms with van der Waals surface area (Å²) in [5.41, 5.74) is 9.03. The van der Waals surface area contributed by atoms with Crippen LogP contribution >= 0.6 is 0 Å². The summed E-state index contributed by atoms with van der Waals surface area (Å²) < 4.78 is 0. The smallest absolute Gasteiger partial charge is 0.140 e. The van der Waals surface area contributed by atoms with Crippen LogP contribution in [0.1, 0.15) is 43.4 Å². The molecular weight excluding hydrogens is 234 g/mol. The third-order valence-corrected chi connectivity index (χ3v) is 3.65. The summed E-state index contributed by atoms with van der Waals surface area (Å²) in [5.74, 6) is 1.39. The molecule has 0 unspecified atom stereocenters. The number of benzene rings is 1. The van der Waals surface area contributed by atoms with Crippen LogP contribution in [0.2, 0.25) is 0 Å². The van der Waals surface area contributed by atoms with Gasteiger partial charge in [-0.3, -0.25) is 0 Å². The van der Waals surface area contributed by atoms with Crippen molar-refractivity contribution in [2.24, 2.45) is 0 Å². The summed E-state index contributed by atoms with van der Waals surface area (Å²) >= 11 is 0. The molecule has 2 N–H and O–H groups in total. The van der Waals surface area contributed by atoms with Crippen molar-refractivity contribution in [2.45, 2.75) is 39.5 Å². The quantitative estimate of drug-likeness (QED) is 0.916. The molecule has 0 bridgehead atoms. The lowest BCUT2D eigenvalue weighted by Crippen LogP contribution is -2.24. The maximum atomic E-state index is 6.06. The van der Waals surface area contributed by atoms with Crippen LogP contribution in [0.4, 0.5) is 5.82 Å². The largest absolute Gasteiger partial charge is 0.383 e. The summed E-state index contributed by atoms with van der Waals surface area (Å²) in [5, 5.41) is 0. The number of anilines is 1. The molecular formula is C16H21N3. The number of rotatable bonds is 3. The Bertz CT molecular complexity index is 551. The molecule has 0 saturated heterocycles. The molecule has 0 atom stereocenters. The molecule has 1 aromatic carbocycles. The molecule has 1 heterocycles. The minimum atomic E-state index is -0.244. The minimum absolute atomic E-state index is 0.244. The topological polar surface area (TPSA) is 51.8 Å². The van der Waals surface area contributed by atoms with Crippen molar-refractivity contribution in [3.8, 4) is 0 Å². The van der Waals surface area contributed by atoms with Crippen molar-refractivity contribution < 1.29 is 0 Å². The van der Waals surface area contributed by atoms with Crippen LogP contribution in [-0.2, 0) is 11.8 Å². The van der Waals surface area contributed by atoms with Crippen LogP contribution in [0.5, 0.6) is 0 Å². The van der Waals surface area contributed by atoms with Crippen molar-refractivity contribution in [3.05, 3.63) is 53.0 Å². The molecule has 0 spiro atoms. The molecule has 0 aliphatic rings. The fraction of sp³-hybridized carbons (Fsp3) is 0.375. The molecule has 0 amide bonds. The summed E-state index contributed by atoms with van der Waals surface area (Å²) in [6.45, 7) is 8.33. The van der Waals surface area contributed by atoms with E-state index in [-0.39, 0.29) is 5.41 Å². The van der Waals surface area contributed by atoms with Gasteiger partial charge in [-0.2, -0.15) is 0 Å². The van der Waals surface area contributed by atoms with Gasteiger partial charge in [0.2, 0.25) is 0 Å². The molecule has 0 radical (unpaired) electrons. The predicted octanol–water partition coefficient (Wildman–Crippen LogP) is 3.26. The number of aryl methyl sites for hydroxylation is 1. The fourth-order valence-electron chi connectivity index (χ4n) is 2.32. The summed E-state index contributed by atoms with van der Waals surface area (Å²) in [6, 6.07) is 10.3. The van der Waals surface area contributed by atoms with Gasteiger partial charge < -0.3 is 5.73 Å². The van der Waals surface area contributed by atoms with E-state index in [1.807, 2.05) is 25.1 Å². The van der Waals surface area contributed by atoms with E-state index < -0.39 is 0 Å². The monoisotopic (exact) mass is 255 g/mol. The number of nitrogen functional groups attached to an aromatic ring is 1. The number of hydrogen-bond donors (Lipinski definition) is 1. The van der Waals surface area contributed by atoms with Crippen LogP contribution in [0.3, 0.4) is 0 Å². The lowest BCUT2D eigenvalue weighted by molar-refractivity contribution is 0.587. The van der Waals surface area contributed by atoms with Crippen molar-refractivity contribution in [1.82, 2.24) is 9.97 Å². The Kier molecular flexibility index (Phi) is 3.56. The summed E-state index contributed by atoms with van der Waals surface area (Å²) in [6.07, 6.45) is 0.865. The van der Waals surface area contributed by atoms with E-state index in [0.29, 0.717) is 5.82 Å². The van der Waals surface area contributed by atoms with E-state index in [1.54, 1.807) is 0 Å². The molecule has 3 nitrogen and oxygen atoms in total. The van der Waals surface area contributed by atoms with E-state index in [1.165, 1.54) is 5.56 Å². The van der Waals surface area contributed by atoms with Gasteiger partial charge in [0.25, 0.3) is 0 Å². The van der Waals surface area contributed by atoms with Gasteiger partial charge in [-0.1, -0.05) is 37.3 Å². The van der Waals surface area contributed by atoms with Crippen molar-refractivity contribution >= 4 is 5.82 Å². The number of hydrogen-bond acceptors (Lipinski definition) is 3. The van der Waals surface area contributed by atoms with Crippen LogP contribution < -0.4 is 5.73 Å². The van der Waals surface area contributed by atoms with Crippen LogP contribution in [0.25, 0.3) is 0 Å². The first-order valence-electron chi connectivity index (χ1n) is 6.65. The molecule has 0 aliphatic heterocycles. The van der Waals surface area contributed by atoms with Crippen LogP contribution in [0.15, 0.2) is 30.3 Å². The number of nitrogens with two attached hydrogens (primary N) is 1. The van der Waals surface area contributed by atoms with Gasteiger partial charge in [-0.25, -0.2) is 9.97 Å². The van der Waals surface area contributed by atoms with Gasteiger partial charge in [-0.15, -0.1) is 0 Å². The molecule has 19 heavy (non-hydrogen) atoms. The molecule has 0 fully saturated rings. The molecule has 2 rings (SSSR count). The first-order chi connectivity index (χ1) is 8.96. The standard InChI is InChI=1S/C16H21N3/c1-5-13-11(2)18-15(19-14(13)17)16(3,4)12-9-7-6-8-10-12/h6-10H,5H2,1-4H3,(H2,17,18,19). The van der Waals surface area contributed by atoms with E-state index in [9.17, 15) is 0 Å². The van der Waals surface area contributed by atoms with Crippen molar-refractivity contribution in [1.29, 1.82) is 0 Å². The second-order valence-electron chi connectivity index (χ2n) is 5.34. The Morgan fingerprint density at radius 1 is 1.11 bits per heavy atom. The van der Waals surface area contributed by atoms with E-state index in [2.05, 4.69) is 42.9 Å². The highest BCUT2D eigenvalue weighted by Crippen LogP contribution is 2.30. The SMILES string of the molecule is CCc1c(C)nc(C(C)(C)c2ccccc2)nc1N. The predicted molar refractivity (Wildman–Crippen MR) is 79.1 cm³/mol. The average molecular weight is 255 g/mol. The maximum absolute atomic E-state index is 6.06. The molecule has 100 valence electrons. The zero-order valence-electron chi connectivity index (χ0n) is 12.1. The Balaban J connectivity index is 2.53. The highest BCUT2D eigenvalue weighted by atomic mass is 15.0. The van der Waals surface area contributed by atoms with Gasteiger partial charge in [-0.05, 0) is 32.8 Å². The van der Waals surface area contributed by atoms with Crippen molar-refractivity contribution in [2.75, 3.05) is 5.73 Å². The Morgan fingerprint density at radius 2 is 1.74 bits per heavy atom. The fourth-order valence-corrected chi connectivity index (χ4v) is 2.32. The van der Waals surface area contributed by atoms with Gasteiger partial charge in [0, 0.05) is 16.7 Å². The Morgan fingerprint density at radius 3 is 2.26 bits per heavy atom. The van der Waals surface area contributed by atoms with E-state index in [0.717, 1.165) is 23.5 Å². The second-order valence-corrected chi connectivity index (χ2v) is 5.34. The number of nitrogens with zero attached hydrogens (tertiary/aromatic N) is 2. The van der Waals surface area contributed by atoms with Crippen molar-refractivity contribution in [3.63, 3.8) is 0 Å². The maximum Gasteiger partial charge on any atom is 0.140 e. The van der Waals surface area contributed by atoms with E-state index >= 15 is 0 Å². The Labute approximate surface area is 114 Å². The summed E-state index contributed by atoms with van der Waals surface area (Å²) in [4.78, 5) is 9.18. The molecule has 2 aromatic rings. The molecule has 1 aromatic heterocycles. The lowest BCUT2D eigenvalue weighted by Gasteiger charge is -2.25. The Hall–Kier alpha value is -1.90. The lowest BCUT2D eigenvalue weighted by atomic mass is 9.83. The minimum Gasteiger partial charge on any atom is -0.383 e. The van der Waals surface area contributed by atoms with Gasteiger partial charge in [0.15, 0.2) is 0 Å². The highest BCUT2D eigenvalue weighted by molar-refractivity contribution is 5.44. The second kappa shape index (κ2) is 5.00. The number of aromatic nitrogens is 2. The highest BCUT2D eigenvalue weighted by Gasteiger charge is 2.27. The third kappa shape index (κ3) is 2.46. The average Bonchev–Trinajstić information content (AvgIpc) is 2.39. The molecule has 0 saturated carbocycles. The normalized spacial score (nSPS) is 11.6. The third-order valence-electron chi connectivity index (χ3n) is 3.65. The zero-order valence-corrected chi connectivity index (χ0v) is 12.1. The van der Waals surface area contributed by atoms with Gasteiger partial charge >= 0.3 is 0 Å².